The van der Waals surface area contributed by atoms with E-state index in [2.05, 4.69) is 10.2 Å². The number of nitrogens with two attached hydrogens (primary N) is 1. The lowest BCUT2D eigenvalue weighted by molar-refractivity contribution is -0.137. The van der Waals surface area contributed by atoms with Gasteiger partial charge in [-0.15, -0.1) is 10.2 Å². The molecule has 148 valence electrons. The molecule has 2 N–H and O–H groups in total. The average Bonchev–Trinajstić information content (AvgIpc) is 3.05. The van der Waals surface area contributed by atoms with E-state index in [-0.39, 0.29) is 0 Å². The van der Waals surface area contributed by atoms with Crippen LogP contribution in [-0.4, -0.2) is 29.1 Å². The van der Waals surface area contributed by atoms with Gasteiger partial charge < -0.3 is 15.3 Å². The molecule has 0 atom stereocenters. The number of nitrogen functional groups attached to an aromatic ring is 1. The number of benzene rings is 2. The number of aromatic nitrogens is 3. The largest absolute Gasteiger partial charge is 0.497 e. The van der Waals surface area contributed by atoms with Crippen LogP contribution < -0.4 is 15.3 Å². The van der Waals surface area contributed by atoms with Gasteiger partial charge in [0, 0.05) is 11.8 Å². The van der Waals surface area contributed by atoms with Crippen molar-refractivity contribution in [2.24, 2.45) is 0 Å². The Morgan fingerprint density at radius 2 is 1.75 bits per heavy atom. The van der Waals surface area contributed by atoms with E-state index >= 15 is 0 Å². The normalized spacial score (nSPS) is 11.5. The third kappa shape index (κ3) is 4.16. The van der Waals surface area contributed by atoms with Crippen molar-refractivity contribution in [1.82, 2.24) is 14.9 Å². The summed E-state index contributed by atoms with van der Waals surface area (Å²) in [4.78, 5) is 0. The molecule has 0 amide bonds. The first-order chi connectivity index (χ1) is 13.3. The van der Waals surface area contributed by atoms with Crippen molar-refractivity contribution in [3.05, 3.63) is 53.6 Å². The molecule has 0 spiro atoms. The van der Waals surface area contributed by atoms with Gasteiger partial charge in [-0.1, -0.05) is 23.9 Å². The molecule has 1 aromatic heterocycles. The Morgan fingerprint density at radius 3 is 2.36 bits per heavy atom. The molecular formula is C18H17F3N4O2S. The number of alkyl halides is 3. The fourth-order valence-electron chi connectivity index (χ4n) is 2.48. The molecule has 6 nitrogen and oxygen atoms in total. The van der Waals surface area contributed by atoms with Gasteiger partial charge in [0.05, 0.1) is 25.3 Å². The second-order valence-corrected chi connectivity index (χ2v) is 6.67. The molecular weight excluding hydrogens is 393 g/mol. The molecule has 0 fully saturated rings. The van der Waals surface area contributed by atoms with Crippen LogP contribution in [0.4, 0.5) is 13.2 Å². The van der Waals surface area contributed by atoms with Crippen molar-refractivity contribution < 1.29 is 22.6 Å². The Bertz CT molecular complexity index is 958. The third-order valence-corrected chi connectivity index (χ3v) is 4.98. The zero-order chi connectivity index (χ0) is 20.3. The van der Waals surface area contributed by atoms with Gasteiger partial charge in [-0.25, -0.2) is 4.68 Å². The van der Waals surface area contributed by atoms with Crippen molar-refractivity contribution in [2.75, 3.05) is 20.1 Å². The van der Waals surface area contributed by atoms with Gasteiger partial charge in [-0.2, -0.15) is 13.2 Å². The minimum Gasteiger partial charge on any atom is -0.497 e. The molecule has 0 bridgehead atoms. The van der Waals surface area contributed by atoms with E-state index in [0.29, 0.717) is 39.4 Å². The van der Waals surface area contributed by atoms with Gasteiger partial charge in [0.25, 0.3) is 0 Å². The van der Waals surface area contributed by atoms with Crippen molar-refractivity contribution in [2.45, 2.75) is 17.1 Å². The Kier molecular flexibility index (Phi) is 5.68. The topological polar surface area (TPSA) is 75.2 Å². The first-order valence-corrected chi connectivity index (χ1v) is 9.04. The molecule has 0 radical (unpaired) electrons. The van der Waals surface area contributed by atoms with Crippen molar-refractivity contribution >= 4 is 11.8 Å². The number of nitrogens with zero attached hydrogens (tertiary/aromatic N) is 3. The lowest BCUT2D eigenvalue weighted by Crippen LogP contribution is -2.12. The molecule has 0 aliphatic heterocycles. The van der Waals surface area contributed by atoms with E-state index < -0.39 is 11.7 Å². The van der Waals surface area contributed by atoms with Crippen LogP contribution >= 0.6 is 11.8 Å². The van der Waals surface area contributed by atoms with E-state index in [1.165, 1.54) is 35.7 Å². The number of hydrogen-bond acceptors (Lipinski definition) is 6. The van der Waals surface area contributed by atoms with Crippen LogP contribution in [0.15, 0.2) is 47.6 Å². The van der Waals surface area contributed by atoms with Crippen LogP contribution in [0.2, 0.25) is 0 Å². The second kappa shape index (κ2) is 8.01. The summed E-state index contributed by atoms with van der Waals surface area (Å²) in [6.07, 6.45) is -4.35. The maximum atomic E-state index is 12.6. The minimum absolute atomic E-state index is 0.396. The summed E-state index contributed by atoms with van der Waals surface area (Å²) in [5.74, 6) is 8.06. The quantitative estimate of drug-likeness (QED) is 0.489. The highest BCUT2D eigenvalue weighted by Gasteiger charge is 2.29. The number of methoxy groups -OCH3 is 2. The van der Waals surface area contributed by atoms with Crippen LogP contribution in [0, 0.1) is 0 Å². The summed E-state index contributed by atoms with van der Waals surface area (Å²) in [6, 6.07) is 10.2. The number of rotatable bonds is 6. The monoisotopic (exact) mass is 410 g/mol. The molecule has 0 aliphatic rings. The summed E-state index contributed by atoms with van der Waals surface area (Å²) in [6.45, 7) is 0. The molecule has 1 heterocycles. The van der Waals surface area contributed by atoms with Gasteiger partial charge in [0.1, 0.15) is 11.5 Å². The standard InChI is InChI=1S/C18H17F3N4O2S/c1-26-13-7-8-14(15(9-13)27-2)16-23-24-17(25(16)22)28-10-11-3-5-12(6-4-11)18(19,20)21/h3-9H,10,22H2,1-2H3. The summed E-state index contributed by atoms with van der Waals surface area (Å²) < 4.78 is 49.8. The van der Waals surface area contributed by atoms with Crippen LogP contribution in [0.1, 0.15) is 11.1 Å². The van der Waals surface area contributed by atoms with Crippen molar-refractivity contribution in [3.63, 3.8) is 0 Å². The highest BCUT2D eigenvalue weighted by atomic mass is 32.2. The predicted octanol–water partition coefficient (Wildman–Crippen LogP) is 3.99. The minimum atomic E-state index is -4.35. The van der Waals surface area contributed by atoms with Gasteiger partial charge in [-0.3, -0.25) is 0 Å². The van der Waals surface area contributed by atoms with E-state index in [1.54, 1.807) is 25.3 Å². The van der Waals surface area contributed by atoms with Gasteiger partial charge in [-0.05, 0) is 29.8 Å². The summed E-state index contributed by atoms with van der Waals surface area (Å²) in [7, 11) is 3.08. The lowest BCUT2D eigenvalue weighted by atomic mass is 10.1. The first kappa shape index (κ1) is 19.9. The smallest absolute Gasteiger partial charge is 0.416 e. The van der Waals surface area contributed by atoms with Gasteiger partial charge in [0.15, 0.2) is 5.82 Å². The highest BCUT2D eigenvalue weighted by molar-refractivity contribution is 7.98. The zero-order valence-electron chi connectivity index (χ0n) is 15.0. The molecule has 2 aromatic carbocycles. The maximum absolute atomic E-state index is 12.6. The van der Waals surface area contributed by atoms with Crippen LogP contribution in [0.5, 0.6) is 11.5 Å². The van der Waals surface area contributed by atoms with Gasteiger partial charge >= 0.3 is 6.18 Å². The Balaban J connectivity index is 1.77. The molecule has 0 saturated heterocycles. The summed E-state index contributed by atoms with van der Waals surface area (Å²) in [5.41, 5.74) is 0.668. The average molecular weight is 410 g/mol. The van der Waals surface area contributed by atoms with E-state index in [0.717, 1.165) is 12.1 Å². The number of ether oxygens (including phenoxy) is 2. The molecule has 0 unspecified atom stereocenters. The fraction of sp³-hybridized carbons (Fsp3) is 0.222. The molecule has 10 heteroatoms. The van der Waals surface area contributed by atoms with E-state index in [1.807, 2.05) is 0 Å². The van der Waals surface area contributed by atoms with Crippen LogP contribution in [0.25, 0.3) is 11.4 Å². The van der Waals surface area contributed by atoms with Crippen LogP contribution in [0.3, 0.4) is 0 Å². The van der Waals surface area contributed by atoms with Crippen molar-refractivity contribution in [3.8, 4) is 22.9 Å². The third-order valence-electron chi connectivity index (χ3n) is 3.96. The molecule has 0 saturated carbocycles. The second-order valence-electron chi connectivity index (χ2n) is 5.73. The van der Waals surface area contributed by atoms with Crippen LogP contribution in [-0.2, 0) is 11.9 Å². The Morgan fingerprint density at radius 1 is 1.04 bits per heavy atom. The summed E-state index contributed by atoms with van der Waals surface area (Å²) in [5, 5.41) is 8.60. The van der Waals surface area contributed by atoms with E-state index in [4.69, 9.17) is 15.3 Å². The molecule has 3 rings (SSSR count). The van der Waals surface area contributed by atoms with Gasteiger partial charge in [0.2, 0.25) is 5.16 Å². The lowest BCUT2D eigenvalue weighted by Gasteiger charge is -2.10. The number of hydrogen-bond donors (Lipinski definition) is 1. The predicted molar refractivity (Wildman–Crippen MR) is 99.7 cm³/mol. The molecule has 3 aromatic rings. The van der Waals surface area contributed by atoms with Crippen molar-refractivity contribution in [1.29, 1.82) is 0 Å². The zero-order valence-corrected chi connectivity index (χ0v) is 15.8. The highest BCUT2D eigenvalue weighted by Crippen LogP contribution is 2.34. The molecule has 28 heavy (non-hydrogen) atoms. The number of thioether (sulfide) groups is 1. The Hall–Kier alpha value is -2.88. The maximum Gasteiger partial charge on any atom is 0.416 e. The fourth-order valence-corrected chi connectivity index (χ4v) is 3.29. The Labute approximate surface area is 163 Å². The first-order valence-electron chi connectivity index (χ1n) is 8.05. The SMILES string of the molecule is COc1ccc(-c2nnc(SCc3ccc(C(F)(F)F)cc3)n2N)c(OC)c1. The number of halogens is 3. The molecule has 0 aliphatic carbocycles. The van der Waals surface area contributed by atoms with E-state index in [9.17, 15) is 13.2 Å². The summed E-state index contributed by atoms with van der Waals surface area (Å²) >= 11 is 1.27.